The van der Waals surface area contributed by atoms with Crippen molar-refractivity contribution in [1.82, 2.24) is 0 Å². The predicted octanol–water partition coefficient (Wildman–Crippen LogP) is 2.96. The van der Waals surface area contributed by atoms with E-state index in [-0.39, 0.29) is 5.69 Å². The van der Waals surface area contributed by atoms with Crippen LogP contribution in [0.2, 0.25) is 0 Å². The first-order valence-electron chi connectivity index (χ1n) is 4.02. The molecule has 1 aromatic carbocycles. The van der Waals surface area contributed by atoms with Crippen LogP contribution in [0, 0.1) is 11.6 Å². The minimum atomic E-state index is -4.42. The van der Waals surface area contributed by atoms with Crippen LogP contribution in [-0.2, 0) is 0 Å². The molecular weight excluding hydrogens is 217 g/mol. The first-order chi connectivity index (χ1) is 6.79. The van der Waals surface area contributed by atoms with E-state index in [0.717, 1.165) is 19.2 Å². The summed E-state index contributed by atoms with van der Waals surface area (Å²) in [6, 6.07) is 2.42. The lowest BCUT2D eigenvalue weighted by Crippen LogP contribution is -2.31. The Kier molecular flexibility index (Phi) is 3.16. The van der Waals surface area contributed by atoms with Crippen LogP contribution in [0.3, 0.4) is 0 Å². The smallest absolute Gasteiger partial charge is 0.363 e. The third-order valence-corrected chi connectivity index (χ3v) is 1.74. The SMILES string of the molecule is CN(CC(F)(F)F)c1ccc(F)cc1F. The fourth-order valence-electron chi connectivity index (χ4n) is 1.14. The van der Waals surface area contributed by atoms with Crippen molar-refractivity contribution in [2.24, 2.45) is 0 Å². The van der Waals surface area contributed by atoms with Gasteiger partial charge in [0.05, 0.1) is 5.69 Å². The highest BCUT2D eigenvalue weighted by atomic mass is 19.4. The number of hydrogen-bond donors (Lipinski definition) is 0. The van der Waals surface area contributed by atoms with Crippen molar-refractivity contribution in [3.63, 3.8) is 0 Å². The van der Waals surface area contributed by atoms with Gasteiger partial charge in [-0.2, -0.15) is 13.2 Å². The number of alkyl halides is 3. The summed E-state index contributed by atoms with van der Waals surface area (Å²) in [6.45, 7) is -1.28. The summed E-state index contributed by atoms with van der Waals surface area (Å²) in [6.07, 6.45) is -4.42. The standard InChI is InChI=1S/C9H8F5N/c1-15(5-9(12,13)14)8-3-2-6(10)4-7(8)11/h2-4H,5H2,1H3. The van der Waals surface area contributed by atoms with Crippen LogP contribution in [-0.4, -0.2) is 19.8 Å². The van der Waals surface area contributed by atoms with E-state index in [1.165, 1.54) is 0 Å². The second-order valence-electron chi connectivity index (χ2n) is 3.07. The highest BCUT2D eigenvalue weighted by Crippen LogP contribution is 2.23. The van der Waals surface area contributed by atoms with Crippen molar-refractivity contribution in [2.75, 3.05) is 18.5 Å². The second kappa shape index (κ2) is 4.04. The quantitative estimate of drug-likeness (QED) is 0.699. The van der Waals surface area contributed by atoms with Crippen LogP contribution >= 0.6 is 0 Å². The van der Waals surface area contributed by atoms with Gasteiger partial charge < -0.3 is 4.90 Å². The zero-order valence-corrected chi connectivity index (χ0v) is 7.78. The molecule has 0 aliphatic heterocycles. The molecule has 0 saturated heterocycles. The molecule has 6 heteroatoms. The Bertz CT molecular complexity index is 347. The molecule has 0 unspecified atom stereocenters. The van der Waals surface area contributed by atoms with Crippen molar-refractivity contribution in [3.05, 3.63) is 29.8 Å². The van der Waals surface area contributed by atoms with E-state index in [4.69, 9.17) is 0 Å². The molecule has 1 aromatic rings. The highest BCUT2D eigenvalue weighted by Gasteiger charge is 2.30. The molecule has 1 nitrogen and oxygen atoms in total. The van der Waals surface area contributed by atoms with Crippen LogP contribution in [0.25, 0.3) is 0 Å². The minimum Gasteiger partial charge on any atom is -0.363 e. The largest absolute Gasteiger partial charge is 0.405 e. The average Bonchev–Trinajstić information content (AvgIpc) is 1.99. The molecule has 0 radical (unpaired) electrons. The molecule has 0 aliphatic rings. The molecule has 0 amide bonds. The molecule has 0 fully saturated rings. The van der Waals surface area contributed by atoms with Gasteiger partial charge in [0.2, 0.25) is 0 Å². The van der Waals surface area contributed by atoms with Crippen molar-refractivity contribution >= 4 is 5.69 Å². The van der Waals surface area contributed by atoms with Gasteiger partial charge in [-0.1, -0.05) is 0 Å². The van der Waals surface area contributed by atoms with Gasteiger partial charge in [0.25, 0.3) is 0 Å². The van der Waals surface area contributed by atoms with Crippen LogP contribution in [0.15, 0.2) is 18.2 Å². The van der Waals surface area contributed by atoms with Crippen molar-refractivity contribution in [2.45, 2.75) is 6.18 Å². The lowest BCUT2D eigenvalue weighted by atomic mass is 10.2. The van der Waals surface area contributed by atoms with Gasteiger partial charge in [-0.05, 0) is 12.1 Å². The van der Waals surface area contributed by atoms with Crippen LogP contribution < -0.4 is 4.90 Å². The van der Waals surface area contributed by atoms with Gasteiger partial charge in [0, 0.05) is 13.1 Å². The third kappa shape index (κ3) is 3.38. The Hall–Kier alpha value is -1.33. The fourth-order valence-corrected chi connectivity index (χ4v) is 1.14. The summed E-state index contributed by atoms with van der Waals surface area (Å²) in [5, 5.41) is 0. The maximum atomic E-state index is 13.0. The van der Waals surface area contributed by atoms with E-state index < -0.39 is 24.4 Å². The monoisotopic (exact) mass is 225 g/mol. The van der Waals surface area contributed by atoms with E-state index in [2.05, 4.69) is 0 Å². The maximum absolute atomic E-state index is 13.0. The predicted molar refractivity (Wildman–Crippen MR) is 45.7 cm³/mol. The topological polar surface area (TPSA) is 3.24 Å². The molecule has 1 rings (SSSR count). The van der Waals surface area contributed by atoms with Gasteiger partial charge >= 0.3 is 6.18 Å². The van der Waals surface area contributed by atoms with Gasteiger partial charge in [-0.25, -0.2) is 8.78 Å². The van der Waals surface area contributed by atoms with E-state index in [0.29, 0.717) is 11.0 Å². The highest BCUT2D eigenvalue weighted by molar-refractivity contribution is 5.47. The van der Waals surface area contributed by atoms with Crippen molar-refractivity contribution < 1.29 is 22.0 Å². The molecule has 0 N–H and O–H groups in total. The summed E-state index contributed by atoms with van der Waals surface area (Å²) in [5.74, 6) is -1.83. The Balaban J connectivity index is 2.87. The number of anilines is 1. The number of halogens is 5. The normalized spacial score (nSPS) is 11.6. The maximum Gasteiger partial charge on any atom is 0.405 e. The fraction of sp³-hybridized carbons (Fsp3) is 0.333. The summed E-state index contributed by atoms with van der Waals surface area (Å²) < 4.78 is 61.4. The summed E-state index contributed by atoms with van der Waals surface area (Å²) >= 11 is 0. The van der Waals surface area contributed by atoms with Gasteiger partial charge in [0.15, 0.2) is 0 Å². The van der Waals surface area contributed by atoms with E-state index in [1.54, 1.807) is 0 Å². The van der Waals surface area contributed by atoms with E-state index >= 15 is 0 Å². The van der Waals surface area contributed by atoms with Crippen LogP contribution in [0.5, 0.6) is 0 Å². The lowest BCUT2D eigenvalue weighted by Gasteiger charge is -2.21. The minimum absolute atomic E-state index is 0.284. The van der Waals surface area contributed by atoms with Crippen LogP contribution in [0.4, 0.5) is 27.6 Å². The Morgan fingerprint density at radius 1 is 1.20 bits per heavy atom. The molecule has 0 atom stereocenters. The third-order valence-electron chi connectivity index (χ3n) is 1.74. The molecule has 15 heavy (non-hydrogen) atoms. The number of hydrogen-bond acceptors (Lipinski definition) is 1. The van der Waals surface area contributed by atoms with Gasteiger partial charge in [-0.3, -0.25) is 0 Å². The van der Waals surface area contributed by atoms with Crippen molar-refractivity contribution in [1.29, 1.82) is 0 Å². The Morgan fingerprint density at radius 3 is 2.27 bits per heavy atom. The van der Waals surface area contributed by atoms with E-state index in [1.807, 2.05) is 0 Å². The summed E-state index contributed by atoms with van der Waals surface area (Å²) in [5.41, 5.74) is -0.284. The molecule has 84 valence electrons. The Morgan fingerprint density at radius 2 is 1.80 bits per heavy atom. The van der Waals surface area contributed by atoms with E-state index in [9.17, 15) is 22.0 Å². The average molecular weight is 225 g/mol. The van der Waals surface area contributed by atoms with Crippen molar-refractivity contribution in [3.8, 4) is 0 Å². The zero-order chi connectivity index (χ0) is 11.6. The van der Waals surface area contributed by atoms with Crippen LogP contribution in [0.1, 0.15) is 0 Å². The zero-order valence-electron chi connectivity index (χ0n) is 7.78. The summed E-state index contributed by atoms with van der Waals surface area (Å²) in [7, 11) is 1.09. The molecule has 0 saturated carbocycles. The van der Waals surface area contributed by atoms with Gasteiger partial charge in [-0.15, -0.1) is 0 Å². The van der Waals surface area contributed by atoms with Gasteiger partial charge in [0.1, 0.15) is 18.2 Å². The first-order valence-corrected chi connectivity index (χ1v) is 4.02. The first kappa shape index (κ1) is 11.7. The number of nitrogens with zero attached hydrogens (tertiary/aromatic N) is 1. The molecule has 0 aromatic heterocycles. The lowest BCUT2D eigenvalue weighted by molar-refractivity contribution is -0.119. The second-order valence-corrected chi connectivity index (χ2v) is 3.07. The number of rotatable bonds is 2. The molecule has 0 spiro atoms. The molecular formula is C9H8F5N. The number of benzene rings is 1. The molecule has 0 bridgehead atoms. The molecule has 0 aliphatic carbocycles. The molecule has 0 heterocycles. The Labute approximate surface area is 83.1 Å². The summed E-state index contributed by atoms with van der Waals surface area (Å²) in [4.78, 5) is 0.675.